The van der Waals surface area contributed by atoms with Crippen molar-refractivity contribution in [3.63, 3.8) is 0 Å². The number of pyridine rings is 1. The average Bonchev–Trinajstić information content (AvgIpc) is 3.14. The molecular weight excluding hydrogens is 321 g/mol. The summed E-state index contributed by atoms with van der Waals surface area (Å²) >= 11 is 0. The molecule has 0 atom stereocenters. The fraction of sp³-hybridized carbons (Fsp3) is 0.611. The molecular formula is C18H22FN5O. The highest BCUT2D eigenvalue weighted by molar-refractivity contribution is 5.92. The van der Waals surface area contributed by atoms with E-state index in [-0.39, 0.29) is 17.3 Å². The summed E-state index contributed by atoms with van der Waals surface area (Å²) in [6.45, 7) is 2.24. The second-order valence-corrected chi connectivity index (χ2v) is 7.36. The lowest BCUT2D eigenvalue weighted by Gasteiger charge is -2.39. The minimum Gasteiger partial charge on any atom is -0.369 e. The molecule has 132 valence electrons. The van der Waals surface area contributed by atoms with Gasteiger partial charge in [-0.15, -0.1) is 0 Å². The van der Waals surface area contributed by atoms with Crippen molar-refractivity contribution < 1.29 is 9.18 Å². The Balaban J connectivity index is 1.44. The summed E-state index contributed by atoms with van der Waals surface area (Å²) in [6, 6.07) is 6.44. The van der Waals surface area contributed by atoms with Crippen LogP contribution in [0.1, 0.15) is 41.9 Å². The van der Waals surface area contributed by atoms with Gasteiger partial charge in [-0.1, -0.05) is 0 Å². The normalized spacial score (nSPS) is 29.2. The molecule has 1 N–H and O–H groups in total. The van der Waals surface area contributed by atoms with E-state index in [0.717, 1.165) is 31.6 Å². The molecule has 1 aromatic rings. The Hall–Kier alpha value is -2.20. The molecule has 1 amide bonds. The predicted octanol–water partition coefficient (Wildman–Crippen LogP) is 1.47. The predicted molar refractivity (Wildman–Crippen MR) is 91.1 cm³/mol. The van der Waals surface area contributed by atoms with Crippen molar-refractivity contribution in [2.45, 2.75) is 43.4 Å². The van der Waals surface area contributed by atoms with E-state index in [1.165, 1.54) is 0 Å². The summed E-state index contributed by atoms with van der Waals surface area (Å²) in [5.74, 6) is -0.296. The molecule has 3 saturated heterocycles. The van der Waals surface area contributed by atoms with Crippen LogP contribution >= 0.6 is 0 Å². The molecule has 0 aromatic carbocycles. The van der Waals surface area contributed by atoms with Crippen molar-refractivity contribution >= 4 is 11.6 Å². The molecule has 3 aliphatic heterocycles. The van der Waals surface area contributed by atoms with Crippen molar-refractivity contribution in [1.29, 1.82) is 5.26 Å². The molecule has 0 radical (unpaired) electrons. The monoisotopic (exact) mass is 343 g/mol. The second-order valence-electron chi connectivity index (χ2n) is 7.36. The van der Waals surface area contributed by atoms with E-state index < -0.39 is 5.67 Å². The maximum atomic E-state index is 14.1. The van der Waals surface area contributed by atoms with Gasteiger partial charge in [0.2, 0.25) is 0 Å². The highest BCUT2D eigenvalue weighted by Crippen LogP contribution is 2.49. The molecule has 25 heavy (non-hydrogen) atoms. The van der Waals surface area contributed by atoms with Crippen molar-refractivity contribution in [1.82, 2.24) is 15.2 Å². The highest BCUT2D eigenvalue weighted by Gasteiger charge is 2.57. The number of nitrogens with one attached hydrogen (secondary N) is 1. The number of anilines is 1. The SMILES string of the molecule is CNC(=O)c1ccc(N2CCC(N3CC4(F)CC3C4)CC2)c(C#N)n1. The van der Waals surface area contributed by atoms with Crippen LogP contribution in [-0.2, 0) is 0 Å². The first-order chi connectivity index (χ1) is 12.0. The summed E-state index contributed by atoms with van der Waals surface area (Å²) in [4.78, 5) is 20.4. The summed E-state index contributed by atoms with van der Waals surface area (Å²) in [5.41, 5.74) is 0.393. The van der Waals surface area contributed by atoms with E-state index in [1.807, 2.05) is 0 Å². The number of fused-ring (bicyclic) bond motifs is 1. The number of halogens is 1. The van der Waals surface area contributed by atoms with E-state index in [1.54, 1.807) is 19.2 Å². The van der Waals surface area contributed by atoms with Gasteiger partial charge in [0.05, 0.1) is 5.69 Å². The van der Waals surface area contributed by atoms with Crippen LogP contribution < -0.4 is 10.2 Å². The number of carbonyl (C=O) groups is 1. The molecule has 1 aliphatic carbocycles. The number of aromatic nitrogens is 1. The summed E-state index contributed by atoms with van der Waals surface area (Å²) in [6.07, 6.45) is 3.34. The third-order valence-corrected chi connectivity index (χ3v) is 5.85. The first kappa shape index (κ1) is 16.3. The van der Waals surface area contributed by atoms with Crippen LogP contribution in [0.5, 0.6) is 0 Å². The number of nitrogens with zero attached hydrogens (tertiary/aromatic N) is 4. The topological polar surface area (TPSA) is 72.3 Å². The fourth-order valence-corrected chi connectivity index (χ4v) is 4.51. The molecule has 4 aliphatic rings. The molecule has 4 heterocycles. The van der Waals surface area contributed by atoms with Gasteiger partial charge >= 0.3 is 0 Å². The number of hydrogen-bond acceptors (Lipinski definition) is 5. The lowest BCUT2D eigenvalue weighted by atomic mass is 9.83. The Labute approximate surface area is 146 Å². The lowest BCUT2D eigenvalue weighted by molar-refractivity contribution is 0.0957. The van der Waals surface area contributed by atoms with E-state index in [2.05, 4.69) is 26.2 Å². The zero-order valence-corrected chi connectivity index (χ0v) is 14.3. The van der Waals surface area contributed by atoms with Gasteiger partial charge < -0.3 is 10.2 Å². The van der Waals surface area contributed by atoms with Crippen molar-refractivity contribution in [2.75, 3.05) is 31.6 Å². The van der Waals surface area contributed by atoms with Crippen LogP contribution in [0, 0.1) is 11.3 Å². The molecule has 7 heteroatoms. The summed E-state index contributed by atoms with van der Waals surface area (Å²) in [7, 11) is 1.54. The first-order valence-electron chi connectivity index (χ1n) is 8.86. The Bertz CT molecular complexity index is 731. The first-order valence-corrected chi connectivity index (χ1v) is 8.86. The molecule has 2 bridgehead atoms. The third kappa shape index (κ3) is 2.74. The molecule has 4 fully saturated rings. The highest BCUT2D eigenvalue weighted by atomic mass is 19.1. The second kappa shape index (κ2) is 5.95. The minimum absolute atomic E-state index is 0.253. The number of piperidine rings is 1. The Morgan fingerprint density at radius 2 is 2.08 bits per heavy atom. The Morgan fingerprint density at radius 1 is 1.36 bits per heavy atom. The maximum absolute atomic E-state index is 14.1. The van der Waals surface area contributed by atoms with Gasteiger partial charge in [0.15, 0.2) is 5.69 Å². The fourth-order valence-electron chi connectivity index (χ4n) is 4.51. The van der Waals surface area contributed by atoms with E-state index >= 15 is 0 Å². The third-order valence-electron chi connectivity index (χ3n) is 5.85. The van der Waals surface area contributed by atoms with E-state index in [9.17, 15) is 14.4 Å². The van der Waals surface area contributed by atoms with Gasteiger partial charge in [-0.25, -0.2) is 9.37 Å². The molecule has 5 rings (SSSR count). The number of nitriles is 1. The van der Waals surface area contributed by atoms with Crippen LogP contribution in [-0.4, -0.2) is 60.2 Å². The molecule has 6 nitrogen and oxygen atoms in total. The van der Waals surface area contributed by atoms with Crippen LogP contribution in [0.15, 0.2) is 12.1 Å². The summed E-state index contributed by atoms with van der Waals surface area (Å²) in [5, 5.41) is 11.9. The van der Waals surface area contributed by atoms with Gasteiger partial charge in [0.1, 0.15) is 17.4 Å². The van der Waals surface area contributed by atoms with Gasteiger partial charge in [-0.05, 0) is 37.8 Å². The van der Waals surface area contributed by atoms with Crippen molar-refractivity contribution in [3.05, 3.63) is 23.5 Å². The Kier molecular flexibility index (Phi) is 3.88. The largest absolute Gasteiger partial charge is 0.369 e. The van der Waals surface area contributed by atoms with Crippen LogP contribution in [0.2, 0.25) is 0 Å². The molecule has 0 spiro atoms. The number of amides is 1. The van der Waals surface area contributed by atoms with Gasteiger partial charge in [-0.3, -0.25) is 9.69 Å². The minimum atomic E-state index is -0.921. The summed E-state index contributed by atoms with van der Waals surface area (Å²) < 4.78 is 14.1. The van der Waals surface area contributed by atoms with Crippen molar-refractivity contribution in [2.24, 2.45) is 0 Å². The van der Waals surface area contributed by atoms with Crippen LogP contribution in [0.4, 0.5) is 10.1 Å². The van der Waals surface area contributed by atoms with Gasteiger partial charge in [0.25, 0.3) is 5.91 Å². The van der Waals surface area contributed by atoms with Gasteiger partial charge in [-0.2, -0.15) is 5.26 Å². The average molecular weight is 343 g/mol. The Morgan fingerprint density at radius 3 is 2.64 bits per heavy atom. The lowest BCUT2D eigenvalue weighted by Crippen LogP contribution is -2.46. The number of alkyl halides is 1. The van der Waals surface area contributed by atoms with E-state index in [0.29, 0.717) is 31.5 Å². The molecule has 0 unspecified atom stereocenters. The smallest absolute Gasteiger partial charge is 0.269 e. The van der Waals surface area contributed by atoms with E-state index in [4.69, 9.17) is 0 Å². The molecule has 1 aromatic heterocycles. The quantitative estimate of drug-likeness (QED) is 0.900. The van der Waals surface area contributed by atoms with Crippen LogP contribution in [0.25, 0.3) is 0 Å². The number of carbonyl (C=O) groups excluding carboxylic acids is 1. The molecule has 1 saturated carbocycles. The van der Waals surface area contributed by atoms with Crippen molar-refractivity contribution in [3.8, 4) is 6.07 Å². The van der Waals surface area contributed by atoms with Gasteiger partial charge in [0, 0.05) is 38.8 Å². The zero-order chi connectivity index (χ0) is 17.6. The maximum Gasteiger partial charge on any atom is 0.269 e. The standard InChI is InChI=1S/C18H22FN5O/c1-21-17(25)14-2-3-16(15(10-20)22-14)23-6-4-12(5-7-23)24-11-18(19)8-13(24)9-18/h2-3,12-13H,4-9,11H2,1H3,(H,21,25). The van der Waals surface area contributed by atoms with Crippen LogP contribution in [0.3, 0.4) is 0 Å². The number of hydrogen-bond donors (Lipinski definition) is 1. The number of rotatable bonds is 3. The zero-order valence-electron chi connectivity index (χ0n) is 14.3.